The normalized spacial score (nSPS) is 9.85. The number of carbonyl (C=O) groups is 1. The molecule has 2 aromatic rings. The molecule has 1 aromatic carbocycles. The van der Waals surface area contributed by atoms with Crippen LogP contribution in [0.5, 0.6) is 0 Å². The Labute approximate surface area is 74.2 Å². The van der Waals surface area contributed by atoms with Gasteiger partial charge in [-0.3, -0.25) is 4.79 Å². The maximum absolute atomic E-state index is 10.6. The first-order valence-corrected chi connectivity index (χ1v) is 3.73. The van der Waals surface area contributed by atoms with Crippen LogP contribution >= 0.6 is 0 Å². The highest BCUT2D eigenvalue weighted by atomic mass is 16.5. The van der Waals surface area contributed by atoms with Crippen molar-refractivity contribution in [2.24, 2.45) is 0 Å². The van der Waals surface area contributed by atoms with Crippen LogP contribution in [0.15, 0.2) is 35.1 Å². The second-order valence-corrected chi connectivity index (χ2v) is 2.50. The molecule has 0 amide bonds. The van der Waals surface area contributed by atoms with Gasteiger partial charge in [-0.25, -0.2) is 0 Å². The lowest BCUT2D eigenvalue weighted by atomic mass is 10.1. The fourth-order valence-electron chi connectivity index (χ4n) is 1.12. The Morgan fingerprint density at radius 3 is 2.85 bits per heavy atom. The molecular weight excluding hydrogens is 168 g/mol. The number of rotatable bonds is 2. The molecule has 0 radical (unpaired) electrons. The Balaban J connectivity index is 2.57. The third kappa shape index (κ3) is 1.33. The van der Waals surface area contributed by atoms with Crippen LogP contribution in [0.2, 0.25) is 0 Å². The molecule has 64 valence electrons. The van der Waals surface area contributed by atoms with Crippen molar-refractivity contribution < 1.29 is 9.32 Å². The lowest BCUT2D eigenvalue weighted by molar-refractivity contribution is 0.112. The van der Waals surface area contributed by atoms with Gasteiger partial charge in [0.1, 0.15) is 5.69 Å². The molecule has 1 aromatic heterocycles. The van der Waals surface area contributed by atoms with Gasteiger partial charge in [0.15, 0.2) is 12.5 Å². The van der Waals surface area contributed by atoms with E-state index in [-0.39, 0.29) is 0 Å². The molecular formula is C9H6N2O2. The summed E-state index contributed by atoms with van der Waals surface area (Å²) < 4.78 is 4.59. The van der Waals surface area contributed by atoms with Crippen molar-refractivity contribution in [1.29, 1.82) is 0 Å². The third-order valence-corrected chi connectivity index (χ3v) is 1.72. The molecule has 4 heteroatoms. The van der Waals surface area contributed by atoms with Gasteiger partial charge in [-0.2, -0.15) is 0 Å². The van der Waals surface area contributed by atoms with Crippen LogP contribution in [0.3, 0.4) is 0 Å². The summed E-state index contributed by atoms with van der Waals surface area (Å²) in [5, 5.41) is 7.05. The summed E-state index contributed by atoms with van der Waals surface area (Å²) in [5.74, 6) is 0. The predicted octanol–water partition coefficient (Wildman–Crippen LogP) is 1.55. The number of benzene rings is 1. The molecule has 0 aliphatic heterocycles. The van der Waals surface area contributed by atoms with E-state index in [2.05, 4.69) is 14.9 Å². The Kier molecular flexibility index (Phi) is 1.88. The topological polar surface area (TPSA) is 56.0 Å². The summed E-state index contributed by atoms with van der Waals surface area (Å²) in [5.41, 5.74) is 1.89. The molecule has 0 atom stereocenters. The van der Waals surface area contributed by atoms with Crippen LogP contribution in [0.4, 0.5) is 0 Å². The smallest absolute Gasteiger partial charge is 0.152 e. The molecule has 1 heterocycles. The second kappa shape index (κ2) is 3.18. The molecule has 0 N–H and O–H groups in total. The fraction of sp³-hybridized carbons (Fsp3) is 0. The first kappa shape index (κ1) is 7.67. The lowest BCUT2D eigenvalue weighted by Gasteiger charge is -1.97. The van der Waals surface area contributed by atoms with Crippen molar-refractivity contribution in [3.05, 3.63) is 36.1 Å². The van der Waals surface area contributed by atoms with Gasteiger partial charge in [-0.05, 0) is 0 Å². The van der Waals surface area contributed by atoms with Crippen LogP contribution < -0.4 is 0 Å². The third-order valence-electron chi connectivity index (χ3n) is 1.72. The fourth-order valence-corrected chi connectivity index (χ4v) is 1.12. The van der Waals surface area contributed by atoms with Crippen molar-refractivity contribution >= 4 is 6.29 Å². The quantitative estimate of drug-likeness (QED) is 0.648. The van der Waals surface area contributed by atoms with Crippen LogP contribution in [0.25, 0.3) is 11.3 Å². The van der Waals surface area contributed by atoms with Crippen molar-refractivity contribution in [2.75, 3.05) is 0 Å². The Morgan fingerprint density at radius 1 is 1.31 bits per heavy atom. The van der Waals surface area contributed by atoms with Crippen molar-refractivity contribution in [2.45, 2.75) is 0 Å². The average Bonchev–Trinajstić information content (AvgIpc) is 2.70. The molecule has 0 unspecified atom stereocenters. The number of aromatic nitrogens is 2. The molecule has 13 heavy (non-hydrogen) atoms. The van der Waals surface area contributed by atoms with Gasteiger partial charge in [0.2, 0.25) is 0 Å². The van der Waals surface area contributed by atoms with E-state index in [4.69, 9.17) is 0 Å². The number of carbonyl (C=O) groups excluding carboxylic acids is 1. The number of nitrogens with zero attached hydrogens (tertiary/aromatic N) is 2. The van der Waals surface area contributed by atoms with Gasteiger partial charge in [-0.15, -0.1) is 5.10 Å². The minimum Gasteiger partial charge on any atom is -0.345 e. The molecule has 0 spiro atoms. The maximum atomic E-state index is 10.6. The lowest BCUT2D eigenvalue weighted by Crippen LogP contribution is -1.86. The van der Waals surface area contributed by atoms with Gasteiger partial charge in [0.25, 0.3) is 0 Å². The summed E-state index contributed by atoms with van der Waals surface area (Å²) >= 11 is 0. The van der Waals surface area contributed by atoms with Gasteiger partial charge < -0.3 is 4.52 Å². The maximum Gasteiger partial charge on any atom is 0.152 e. The van der Waals surface area contributed by atoms with E-state index >= 15 is 0 Å². The molecule has 0 saturated carbocycles. The van der Waals surface area contributed by atoms with E-state index in [9.17, 15) is 4.79 Å². The van der Waals surface area contributed by atoms with Gasteiger partial charge in [-0.1, -0.05) is 24.3 Å². The minimum absolute atomic E-state index is 0.572. The molecule has 4 nitrogen and oxygen atoms in total. The molecule has 0 bridgehead atoms. The largest absolute Gasteiger partial charge is 0.345 e. The number of aldehydes is 1. The Morgan fingerprint density at radius 2 is 2.15 bits per heavy atom. The van der Waals surface area contributed by atoms with Crippen LogP contribution in [0.1, 0.15) is 10.4 Å². The molecule has 0 aliphatic carbocycles. The summed E-state index contributed by atoms with van der Waals surface area (Å²) in [4.78, 5) is 10.6. The van der Waals surface area contributed by atoms with E-state index < -0.39 is 0 Å². The highest BCUT2D eigenvalue weighted by molar-refractivity contribution is 5.86. The average molecular weight is 174 g/mol. The van der Waals surface area contributed by atoms with Crippen LogP contribution in [0, 0.1) is 0 Å². The van der Waals surface area contributed by atoms with Crippen LogP contribution in [-0.4, -0.2) is 16.7 Å². The first-order valence-electron chi connectivity index (χ1n) is 3.73. The zero-order valence-electron chi connectivity index (χ0n) is 6.68. The molecule has 0 aliphatic rings. The zero-order chi connectivity index (χ0) is 9.10. The highest BCUT2D eigenvalue weighted by Crippen LogP contribution is 2.19. The van der Waals surface area contributed by atoms with Crippen LogP contribution in [-0.2, 0) is 0 Å². The monoisotopic (exact) mass is 174 g/mol. The number of hydrogen-bond acceptors (Lipinski definition) is 4. The number of hydrogen-bond donors (Lipinski definition) is 0. The van der Waals surface area contributed by atoms with E-state index in [1.807, 2.05) is 6.07 Å². The van der Waals surface area contributed by atoms with E-state index in [0.717, 1.165) is 11.8 Å². The first-order chi connectivity index (χ1) is 6.42. The SMILES string of the molecule is O=Cc1ccccc1-c1conn1. The second-order valence-electron chi connectivity index (χ2n) is 2.50. The summed E-state index contributed by atoms with van der Waals surface area (Å²) in [6.45, 7) is 0. The summed E-state index contributed by atoms with van der Waals surface area (Å²) in [6, 6.07) is 7.14. The minimum atomic E-state index is 0.572. The highest BCUT2D eigenvalue weighted by Gasteiger charge is 2.06. The van der Waals surface area contributed by atoms with Gasteiger partial charge in [0.05, 0.1) is 0 Å². The van der Waals surface area contributed by atoms with Crippen molar-refractivity contribution in [3.63, 3.8) is 0 Å². The summed E-state index contributed by atoms with van der Waals surface area (Å²) in [6.07, 6.45) is 2.19. The molecule has 2 rings (SSSR count). The van der Waals surface area contributed by atoms with E-state index in [1.54, 1.807) is 18.2 Å². The van der Waals surface area contributed by atoms with Crippen molar-refractivity contribution in [3.8, 4) is 11.3 Å². The van der Waals surface area contributed by atoms with Crippen molar-refractivity contribution in [1.82, 2.24) is 10.4 Å². The van der Waals surface area contributed by atoms with E-state index in [1.165, 1.54) is 6.26 Å². The molecule has 0 fully saturated rings. The zero-order valence-corrected chi connectivity index (χ0v) is 6.68. The summed E-state index contributed by atoms with van der Waals surface area (Å²) in [7, 11) is 0. The predicted molar refractivity (Wildman–Crippen MR) is 45.1 cm³/mol. The van der Waals surface area contributed by atoms with E-state index in [0.29, 0.717) is 11.3 Å². The molecule has 0 saturated heterocycles. The van der Waals surface area contributed by atoms with Gasteiger partial charge in [0, 0.05) is 16.4 Å². The Hall–Kier alpha value is -1.97. The van der Waals surface area contributed by atoms with Gasteiger partial charge >= 0.3 is 0 Å². The standard InChI is InChI=1S/C9H6N2O2/c12-5-7-3-1-2-4-8(7)9-6-13-11-10-9/h1-6H. The Bertz CT molecular complexity index is 409.